The topological polar surface area (TPSA) is 81.5 Å². The molecule has 214 valence electrons. The minimum atomic E-state index is -0.531. The number of aromatic nitrogens is 4. The number of ether oxygens (including phenoxy) is 2. The number of nitrogens with one attached hydrogen (secondary N) is 1. The van der Waals surface area contributed by atoms with E-state index < -0.39 is 5.97 Å². The van der Waals surface area contributed by atoms with Crippen molar-refractivity contribution in [3.8, 4) is 17.1 Å². The van der Waals surface area contributed by atoms with E-state index in [-0.39, 0.29) is 11.2 Å². The van der Waals surface area contributed by atoms with Crippen molar-refractivity contribution in [2.45, 2.75) is 110 Å². The maximum Gasteiger partial charge on any atom is 0.373 e. The second kappa shape index (κ2) is 15.1. The van der Waals surface area contributed by atoms with Gasteiger partial charge in [0.2, 0.25) is 5.76 Å². The fourth-order valence-electron chi connectivity index (χ4n) is 4.46. The molecule has 0 unspecified atom stereocenters. The Morgan fingerprint density at radius 2 is 1.51 bits per heavy atom. The quantitative estimate of drug-likeness (QED) is 0.0777. The van der Waals surface area contributed by atoms with Crippen LogP contribution in [0.15, 0.2) is 36.6 Å². The molecular formula is C31H45ClN4O3. The Morgan fingerprint density at radius 3 is 2.05 bits per heavy atom. The van der Waals surface area contributed by atoms with Crippen LogP contribution in [0.3, 0.4) is 0 Å². The van der Waals surface area contributed by atoms with Crippen molar-refractivity contribution in [2.24, 2.45) is 0 Å². The molecular weight excluding hydrogens is 512 g/mol. The number of hydrogen-bond acceptors (Lipinski definition) is 5. The average Bonchev–Trinajstić information content (AvgIpc) is 3.46. The second-order valence-electron chi connectivity index (χ2n) is 11.3. The molecule has 0 aliphatic heterocycles. The van der Waals surface area contributed by atoms with E-state index in [1.165, 1.54) is 64.2 Å². The largest absolute Gasteiger partial charge is 0.460 e. The van der Waals surface area contributed by atoms with Gasteiger partial charge in [-0.15, -0.1) is 5.10 Å². The van der Waals surface area contributed by atoms with Gasteiger partial charge in [-0.1, -0.05) is 110 Å². The molecule has 0 saturated carbocycles. The third kappa shape index (κ3) is 9.41. The van der Waals surface area contributed by atoms with Crippen LogP contribution in [0.2, 0.25) is 5.02 Å². The van der Waals surface area contributed by atoms with Gasteiger partial charge >= 0.3 is 5.97 Å². The van der Waals surface area contributed by atoms with Crippen molar-refractivity contribution >= 4 is 23.2 Å². The number of rotatable bonds is 17. The van der Waals surface area contributed by atoms with Gasteiger partial charge in [0.15, 0.2) is 11.5 Å². The SMILES string of the molecule is C=C(Oc1ccc(-c2nc3c(Cl)c(C(C)(C)C)[nH]n3n2)cc1)C(=O)OCCCCCCCCCCCCCC. The molecule has 3 aromatic rings. The molecule has 0 saturated heterocycles. The molecule has 0 radical (unpaired) electrons. The van der Waals surface area contributed by atoms with Crippen molar-refractivity contribution in [1.29, 1.82) is 0 Å². The molecule has 1 aromatic carbocycles. The lowest BCUT2D eigenvalue weighted by atomic mass is 9.92. The van der Waals surface area contributed by atoms with Crippen LogP contribution in [-0.2, 0) is 14.9 Å². The maximum atomic E-state index is 12.3. The Bertz CT molecular complexity index is 1190. The number of benzene rings is 1. The molecule has 39 heavy (non-hydrogen) atoms. The Kier molecular flexibility index (Phi) is 11.9. The van der Waals surface area contributed by atoms with Gasteiger partial charge in [-0.05, 0) is 37.3 Å². The smallest absolute Gasteiger partial charge is 0.373 e. The maximum absolute atomic E-state index is 12.3. The summed E-state index contributed by atoms with van der Waals surface area (Å²) in [7, 11) is 0. The highest BCUT2D eigenvalue weighted by Crippen LogP contribution is 2.32. The highest BCUT2D eigenvalue weighted by Gasteiger charge is 2.24. The van der Waals surface area contributed by atoms with Crippen molar-refractivity contribution in [3.05, 3.63) is 47.3 Å². The van der Waals surface area contributed by atoms with E-state index in [0.29, 0.717) is 28.9 Å². The predicted octanol–water partition coefficient (Wildman–Crippen LogP) is 8.81. The van der Waals surface area contributed by atoms with E-state index in [0.717, 1.165) is 24.1 Å². The molecule has 0 spiro atoms. The van der Waals surface area contributed by atoms with Crippen LogP contribution in [0.5, 0.6) is 5.75 Å². The van der Waals surface area contributed by atoms with Gasteiger partial charge in [0.1, 0.15) is 10.8 Å². The van der Waals surface area contributed by atoms with Crippen LogP contribution < -0.4 is 4.74 Å². The standard InChI is InChI=1S/C31H45ClN4O3/c1-6-7-8-9-10-11-12-13-14-15-16-17-22-38-30(37)23(2)39-25-20-18-24(19-21-25)28-33-29-26(32)27(31(3,4)5)34-36(29)35-28/h18-21,34H,2,6-17,22H2,1,3-5H3. The number of nitrogens with zero attached hydrogens (tertiary/aromatic N) is 3. The summed E-state index contributed by atoms with van der Waals surface area (Å²) in [5.41, 5.74) is 2.13. The van der Waals surface area contributed by atoms with Gasteiger partial charge in [-0.3, -0.25) is 5.10 Å². The predicted molar refractivity (Wildman–Crippen MR) is 158 cm³/mol. The molecule has 8 heteroatoms. The summed E-state index contributed by atoms with van der Waals surface area (Å²) in [5, 5.41) is 8.30. The number of unbranched alkanes of at least 4 members (excludes halogenated alkanes) is 11. The van der Waals surface area contributed by atoms with E-state index in [1.807, 2.05) is 12.1 Å². The lowest BCUT2D eigenvalue weighted by Gasteiger charge is -2.16. The lowest BCUT2D eigenvalue weighted by Crippen LogP contribution is -2.13. The Hall–Kier alpha value is -2.80. The van der Waals surface area contributed by atoms with Crippen LogP contribution in [0.4, 0.5) is 0 Å². The first kappa shape index (κ1) is 30.7. The number of hydrogen-bond donors (Lipinski definition) is 1. The van der Waals surface area contributed by atoms with Crippen LogP contribution >= 0.6 is 11.6 Å². The first-order valence-corrected chi connectivity index (χ1v) is 14.9. The first-order chi connectivity index (χ1) is 18.7. The lowest BCUT2D eigenvalue weighted by molar-refractivity contribution is -0.141. The summed E-state index contributed by atoms with van der Waals surface area (Å²) in [6.07, 6.45) is 15.2. The van der Waals surface area contributed by atoms with Crippen LogP contribution in [0.25, 0.3) is 17.0 Å². The zero-order valence-electron chi connectivity index (χ0n) is 24.2. The van der Waals surface area contributed by atoms with Crippen molar-refractivity contribution in [1.82, 2.24) is 19.8 Å². The Balaban J connectivity index is 1.33. The molecule has 0 aliphatic rings. The molecule has 0 atom stereocenters. The number of H-pyrrole nitrogens is 1. The molecule has 0 fully saturated rings. The average molecular weight is 557 g/mol. The third-order valence-electron chi connectivity index (χ3n) is 6.80. The minimum Gasteiger partial charge on any atom is -0.460 e. The zero-order chi connectivity index (χ0) is 28.3. The first-order valence-electron chi connectivity index (χ1n) is 14.5. The van der Waals surface area contributed by atoms with Gasteiger partial charge < -0.3 is 9.47 Å². The van der Waals surface area contributed by atoms with Gasteiger partial charge in [-0.2, -0.15) is 4.63 Å². The van der Waals surface area contributed by atoms with Gasteiger partial charge in [0.05, 0.1) is 12.3 Å². The number of esters is 1. The number of carbonyl (C=O) groups excluding carboxylic acids is 1. The number of aromatic amines is 1. The van der Waals surface area contributed by atoms with E-state index in [9.17, 15) is 4.79 Å². The van der Waals surface area contributed by atoms with Crippen LogP contribution in [-0.4, -0.2) is 32.4 Å². The third-order valence-corrected chi connectivity index (χ3v) is 7.16. The summed E-state index contributed by atoms with van der Waals surface area (Å²) in [4.78, 5) is 16.8. The Labute approximate surface area is 238 Å². The molecule has 0 amide bonds. The van der Waals surface area contributed by atoms with Crippen molar-refractivity contribution < 1.29 is 14.3 Å². The van der Waals surface area contributed by atoms with Crippen LogP contribution in [0, 0.1) is 0 Å². The number of fused-ring (bicyclic) bond motifs is 1. The van der Waals surface area contributed by atoms with Crippen LogP contribution in [0.1, 0.15) is 110 Å². The summed E-state index contributed by atoms with van der Waals surface area (Å²) < 4.78 is 12.5. The number of halogens is 1. The van der Waals surface area contributed by atoms with E-state index in [4.69, 9.17) is 21.1 Å². The Morgan fingerprint density at radius 1 is 0.949 bits per heavy atom. The normalized spacial score (nSPS) is 11.7. The minimum absolute atomic E-state index is 0.0309. The fraction of sp³-hybridized carbons (Fsp3) is 0.581. The van der Waals surface area contributed by atoms with Gasteiger partial charge in [-0.25, -0.2) is 9.78 Å². The highest BCUT2D eigenvalue weighted by molar-refractivity contribution is 6.34. The summed E-state index contributed by atoms with van der Waals surface area (Å²) in [5.74, 6) is 0.466. The summed E-state index contributed by atoms with van der Waals surface area (Å²) in [6, 6.07) is 7.15. The van der Waals surface area contributed by atoms with Crippen molar-refractivity contribution in [3.63, 3.8) is 0 Å². The molecule has 2 aromatic heterocycles. The molecule has 0 aliphatic carbocycles. The summed E-state index contributed by atoms with van der Waals surface area (Å²) in [6.45, 7) is 12.6. The molecule has 1 N–H and O–H groups in total. The van der Waals surface area contributed by atoms with E-state index in [2.05, 4.69) is 49.5 Å². The molecule has 2 heterocycles. The highest BCUT2D eigenvalue weighted by atomic mass is 35.5. The summed E-state index contributed by atoms with van der Waals surface area (Å²) >= 11 is 6.53. The van der Waals surface area contributed by atoms with E-state index >= 15 is 0 Å². The monoisotopic (exact) mass is 556 g/mol. The molecule has 3 rings (SSSR count). The second-order valence-corrected chi connectivity index (χ2v) is 11.7. The van der Waals surface area contributed by atoms with Gasteiger partial charge in [0, 0.05) is 11.0 Å². The van der Waals surface area contributed by atoms with Crippen molar-refractivity contribution in [2.75, 3.05) is 6.61 Å². The molecule has 0 bridgehead atoms. The fourth-order valence-corrected chi connectivity index (χ4v) is 4.91. The van der Waals surface area contributed by atoms with Gasteiger partial charge in [0.25, 0.3) is 0 Å². The van der Waals surface area contributed by atoms with E-state index in [1.54, 1.807) is 16.8 Å². The zero-order valence-corrected chi connectivity index (χ0v) is 24.9. The number of carbonyl (C=O) groups is 1. The molecule has 7 nitrogen and oxygen atoms in total.